The summed E-state index contributed by atoms with van der Waals surface area (Å²) in [6.45, 7) is 1.34. The van der Waals surface area contributed by atoms with E-state index < -0.39 is 0 Å². The molecule has 0 unspecified atom stereocenters. The largest absolute Gasteiger partial charge is 0.496 e. The van der Waals surface area contributed by atoms with Crippen molar-refractivity contribution in [2.75, 3.05) is 27.2 Å². The zero-order chi connectivity index (χ0) is 22.7. The number of nitrogens with zero attached hydrogens (tertiary/aromatic N) is 2. The molecule has 32 heavy (non-hydrogen) atoms. The number of carbonyl (C=O) groups excluding carboxylic acids is 2. The second-order valence-corrected chi connectivity index (χ2v) is 8.28. The first kappa shape index (κ1) is 21.8. The molecule has 6 heteroatoms. The van der Waals surface area contributed by atoms with E-state index in [4.69, 9.17) is 4.74 Å². The Bertz CT molecular complexity index is 1150. The molecule has 166 valence electrons. The van der Waals surface area contributed by atoms with Crippen LogP contribution in [-0.2, 0) is 11.3 Å². The molecule has 0 aromatic heterocycles. The Labute approximate surface area is 187 Å². The fourth-order valence-electron chi connectivity index (χ4n) is 4.47. The Morgan fingerprint density at radius 2 is 1.88 bits per heavy atom. The summed E-state index contributed by atoms with van der Waals surface area (Å²) in [5, 5.41) is 1.73. The van der Waals surface area contributed by atoms with Crippen LogP contribution in [0.3, 0.4) is 0 Å². The number of hydrogen-bond acceptors (Lipinski definition) is 3. The predicted octanol–water partition coefficient (Wildman–Crippen LogP) is 4.50. The molecule has 0 saturated carbocycles. The third kappa shape index (κ3) is 4.44. The highest BCUT2D eigenvalue weighted by atomic mass is 19.1. The van der Waals surface area contributed by atoms with Crippen molar-refractivity contribution < 1.29 is 18.7 Å². The molecule has 1 aliphatic heterocycles. The van der Waals surface area contributed by atoms with E-state index in [1.54, 1.807) is 42.2 Å². The normalized spacial score (nSPS) is 16.1. The lowest BCUT2D eigenvalue weighted by Crippen LogP contribution is -2.45. The maximum absolute atomic E-state index is 13.5. The zero-order valence-corrected chi connectivity index (χ0v) is 18.4. The number of rotatable bonds is 5. The van der Waals surface area contributed by atoms with Crippen LogP contribution in [0.2, 0.25) is 0 Å². The maximum Gasteiger partial charge on any atom is 0.254 e. The molecule has 0 bridgehead atoms. The molecule has 1 saturated heterocycles. The van der Waals surface area contributed by atoms with Crippen molar-refractivity contribution in [1.82, 2.24) is 9.80 Å². The van der Waals surface area contributed by atoms with Crippen LogP contribution in [0, 0.1) is 11.7 Å². The number of halogens is 1. The van der Waals surface area contributed by atoms with E-state index in [1.807, 2.05) is 30.3 Å². The first-order valence-electron chi connectivity index (χ1n) is 10.8. The Morgan fingerprint density at radius 1 is 1.09 bits per heavy atom. The van der Waals surface area contributed by atoms with E-state index in [0.29, 0.717) is 25.2 Å². The predicted molar refractivity (Wildman–Crippen MR) is 122 cm³/mol. The van der Waals surface area contributed by atoms with Gasteiger partial charge in [-0.3, -0.25) is 9.59 Å². The van der Waals surface area contributed by atoms with Crippen molar-refractivity contribution in [2.24, 2.45) is 5.92 Å². The molecule has 1 atom stereocenters. The summed E-state index contributed by atoms with van der Waals surface area (Å²) >= 11 is 0. The standard InChI is InChI=1S/C26H27FN2O3/c1-28(16-18-7-5-9-20(27)15-18)25(30)19-8-6-14-29(17-19)26(31)23-12-13-24(32-2)22-11-4-3-10-21(22)23/h3-5,7,9-13,15,19H,6,8,14,16-17H2,1-2H3/t19-/m0/s1. The van der Waals surface area contributed by atoms with Gasteiger partial charge >= 0.3 is 0 Å². The maximum atomic E-state index is 13.5. The minimum atomic E-state index is -0.315. The van der Waals surface area contributed by atoms with Crippen LogP contribution in [0.4, 0.5) is 4.39 Å². The third-order valence-corrected chi connectivity index (χ3v) is 6.08. The van der Waals surface area contributed by atoms with Gasteiger partial charge in [0.1, 0.15) is 11.6 Å². The summed E-state index contributed by atoms with van der Waals surface area (Å²) < 4.78 is 18.9. The average molecular weight is 435 g/mol. The van der Waals surface area contributed by atoms with Crippen LogP contribution in [0.5, 0.6) is 5.75 Å². The molecule has 2 amide bonds. The van der Waals surface area contributed by atoms with Crippen LogP contribution in [-0.4, -0.2) is 48.9 Å². The van der Waals surface area contributed by atoms with Crippen LogP contribution < -0.4 is 4.74 Å². The molecule has 0 N–H and O–H groups in total. The number of ether oxygens (including phenoxy) is 1. The molecule has 1 aliphatic rings. The van der Waals surface area contributed by atoms with Crippen molar-refractivity contribution >= 4 is 22.6 Å². The fraction of sp³-hybridized carbons (Fsp3) is 0.308. The molecule has 4 rings (SSSR count). The van der Waals surface area contributed by atoms with Gasteiger partial charge in [-0.1, -0.05) is 36.4 Å². The lowest BCUT2D eigenvalue weighted by Gasteiger charge is -2.34. The lowest BCUT2D eigenvalue weighted by atomic mass is 9.95. The second-order valence-electron chi connectivity index (χ2n) is 8.28. The Hall–Kier alpha value is -3.41. The van der Waals surface area contributed by atoms with Gasteiger partial charge in [-0.2, -0.15) is 0 Å². The number of benzene rings is 3. The Balaban J connectivity index is 1.50. The second kappa shape index (κ2) is 9.39. The van der Waals surface area contributed by atoms with Gasteiger partial charge in [0, 0.05) is 37.6 Å². The highest BCUT2D eigenvalue weighted by Gasteiger charge is 2.31. The minimum absolute atomic E-state index is 0.0219. The molecule has 5 nitrogen and oxygen atoms in total. The van der Waals surface area contributed by atoms with E-state index in [2.05, 4.69) is 0 Å². The molecule has 1 fully saturated rings. The number of hydrogen-bond donors (Lipinski definition) is 0. The molecule has 0 radical (unpaired) electrons. The highest BCUT2D eigenvalue weighted by molar-refractivity contribution is 6.08. The van der Waals surface area contributed by atoms with Gasteiger partial charge in [-0.15, -0.1) is 0 Å². The van der Waals surface area contributed by atoms with Crippen LogP contribution >= 0.6 is 0 Å². The fourth-order valence-corrected chi connectivity index (χ4v) is 4.47. The quantitative estimate of drug-likeness (QED) is 0.594. The minimum Gasteiger partial charge on any atom is -0.496 e. The molecule has 0 spiro atoms. The third-order valence-electron chi connectivity index (χ3n) is 6.08. The Kier molecular flexibility index (Phi) is 6.40. The van der Waals surface area contributed by atoms with Crippen LogP contribution in [0.25, 0.3) is 10.8 Å². The molecule has 0 aliphatic carbocycles. The van der Waals surface area contributed by atoms with Gasteiger partial charge in [-0.05, 0) is 48.1 Å². The molecule has 3 aromatic carbocycles. The van der Waals surface area contributed by atoms with Gasteiger partial charge < -0.3 is 14.5 Å². The van der Waals surface area contributed by atoms with Crippen molar-refractivity contribution in [3.8, 4) is 5.75 Å². The summed E-state index contributed by atoms with van der Waals surface area (Å²) in [7, 11) is 3.34. The van der Waals surface area contributed by atoms with E-state index in [1.165, 1.54) is 12.1 Å². The molecule has 1 heterocycles. The highest BCUT2D eigenvalue weighted by Crippen LogP contribution is 2.30. The molecular formula is C26H27FN2O3. The monoisotopic (exact) mass is 434 g/mol. The van der Waals surface area contributed by atoms with Crippen molar-refractivity contribution in [3.63, 3.8) is 0 Å². The SMILES string of the molecule is COc1ccc(C(=O)N2CCC[C@H](C(=O)N(C)Cc3cccc(F)c3)C2)c2ccccc12. The number of piperidine rings is 1. The van der Waals surface area contributed by atoms with E-state index in [9.17, 15) is 14.0 Å². The summed E-state index contributed by atoms with van der Waals surface area (Å²) in [5.74, 6) is 0.0450. The smallest absolute Gasteiger partial charge is 0.254 e. The van der Waals surface area contributed by atoms with Crippen molar-refractivity contribution in [1.29, 1.82) is 0 Å². The topological polar surface area (TPSA) is 49.9 Å². The van der Waals surface area contributed by atoms with E-state index in [-0.39, 0.29) is 23.5 Å². The van der Waals surface area contributed by atoms with Gasteiger partial charge in [0.25, 0.3) is 5.91 Å². The molecular weight excluding hydrogens is 407 g/mol. The first-order valence-corrected chi connectivity index (χ1v) is 10.8. The van der Waals surface area contributed by atoms with Gasteiger partial charge in [0.15, 0.2) is 0 Å². The van der Waals surface area contributed by atoms with Crippen molar-refractivity contribution in [2.45, 2.75) is 19.4 Å². The Morgan fingerprint density at radius 3 is 2.62 bits per heavy atom. The number of likely N-dealkylation sites (tertiary alicyclic amines) is 1. The van der Waals surface area contributed by atoms with Gasteiger partial charge in [-0.25, -0.2) is 4.39 Å². The average Bonchev–Trinajstić information content (AvgIpc) is 2.82. The number of methoxy groups -OCH3 is 1. The first-order chi connectivity index (χ1) is 15.5. The zero-order valence-electron chi connectivity index (χ0n) is 18.4. The summed E-state index contributed by atoms with van der Waals surface area (Å²) in [4.78, 5) is 29.9. The van der Waals surface area contributed by atoms with E-state index in [0.717, 1.165) is 34.9 Å². The van der Waals surface area contributed by atoms with Gasteiger partial charge in [0.05, 0.1) is 13.0 Å². The number of carbonyl (C=O) groups is 2. The van der Waals surface area contributed by atoms with Gasteiger partial charge in [0.2, 0.25) is 5.91 Å². The number of fused-ring (bicyclic) bond motifs is 1. The summed E-state index contributed by atoms with van der Waals surface area (Å²) in [6.07, 6.45) is 1.50. The van der Waals surface area contributed by atoms with E-state index >= 15 is 0 Å². The molecule has 3 aromatic rings. The summed E-state index contributed by atoms with van der Waals surface area (Å²) in [5.41, 5.74) is 1.36. The lowest BCUT2D eigenvalue weighted by molar-refractivity contribution is -0.136. The number of amides is 2. The van der Waals surface area contributed by atoms with Crippen LogP contribution in [0.1, 0.15) is 28.8 Å². The summed E-state index contributed by atoms with van der Waals surface area (Å²) in [6, 6.07) is 17.6. The van der Waals surface area contributed by atoms with Crippen LogP contribution in [0.15, 0.2) is 60.7 Å². The van der Waals surface area contributed by atoms with Crippen molar-refractivity contribution in [3.05, 3.63) is 77.6 Å².